The predicted octanol–water partition coefficient (Wildman–Crippen LogP) is 1.98. The first kappa shape index (κ1) is 13.0. The van der Waals surface area contributed by atoms with E-state index in [-0.39, 0.29) is 12.5 Å². The molecule has 0 atom stereocenters. The van der Waals surface area contributed by atoms with Gasteiger partial charge < -0.3 is 15.3 Å². The van der Waals surface area contributed by atoms with Gasteiger partial charge in [-0.3, -0.25) is 4.79 Å². The van der Waals surface area contributed by atoms with Gasteiger partial charge in [-0.15, -0.1) is 0 Å². The van der Waals surface area contributed by atoms with E-state index in [1.807, 2.05) is 31.2 Å². The van der Waals surface area contributed by atoms with Crippen molar-refractivity contribution in [1.82, 2.24) is 4.90 Å². The number of likely N-dealkylation sites (N-methyl/N-ethyl adjacent to an activating group) is 1. The van der Waals surface area contributed by atoms with E-state index < -0.39 is 0 Å². The molecule has 1 aromatic rings. The first-order valence-corrected chi connectivity index (χ1v) is 6.81. The third-order valence-corrected chi connectivity index (χ3v) is 3.78. The van der Waals surface area contributed by atoms with Crippen LogP contribution in [0.2, 0.25) is 0 Å². The monoisotopic (exact) mass is 264 g/mol. The quantitative estimate of drug-likeness (QED) is 0.817. The summed E-state index contributed by atoms with van der Waals surface area (Å²) in [5.74, 6) is 0.799. The highest BCUT2D eigenvalue weighted by atomic mass is 32.2. The summed E-state index contributed by atoms with van der Waals surface area (Å²) in [7, 11) is 0. The molecule has 1 aliphatic rings. The van der Waals surface area contributed by atoms with Crippen LogP contribution in [0.25, 0.3) is 0 Å². The SMILES string of the molecule is CCN1CSC(=CNc2cccc(CO)c2)C1=O. The highest BCUT2D eigenvalue weighted by Crippen LogP contribution is 2.27. The van der Waals surface area contributed by atoms with Crippen LogP contribution < -0.4 is 5.32 Å². The van der Waals surface area contributed by atoms with E-state index in [9.17, 15) is 4.79 Å². The van der Waals surface area contributed by atoms with Crippen molar-refractivity contribution >= 4 is 23.4 Å². The van der Waals surface area contributed by atoms with Crippen LogP contribution in [0, 0.1) is 0 Å². The maximum Gasteiger partial charge on any atom is 0.262 e. The number of aliphatic hydroxyl groups excluding tert-OH is 1. The molecule has 0 saturated carbocycles. The summed E-state index contributed by atoms with van der Waals surface area (Å²) in [4.78, 5) is 14.4. The van der Waals surface area contributed by atoms with Gasteiger partial charge in [0.15, 0.2) is 0 Å². The molecule has 4 nitrogen and oxygen atoms in total. The van der Waals surface area contributed by atoms with Crippen LogP contribution in [-0.4, -0.2) is 28.3 Å². The Morgan fingerprint density at radius 2 is 2.39 bits per heavy atom. The second-order valence-electron chi connectivity index (χ2n) is 3.95. The molecule has 1 fully saturated rings. The molecular weight excluding hydrogens is 248 g/mol. The van der Waals surface area contributed by atoms with Gasteiger partial charge in [-0.25, -0.2) is 0 Å². The number of carbonyl (C=O) groups is 1. The van der Waals surface area contributed by atoms with E-state index in [4.69, 9.17) is 5.11 Å². The molecule has 0 radical (unpaired) electrons. The molecule has 0 spiro atoms. The van der Waals surface area contributed by atoms with Crippen molar-refractivity contribution in [2.24, 2.45) is 0 Å². The topological polar surface area (TPSA) is 52.6 Å². The molecule has 96 valence electrons. The highest BCUT2D eigenvalue weighted by Gasteiger charge is 2.24. The van der Waals surface area contributed by atoms with Crippen LogP contribution in [0.4, 0.5) is 5.69 Å². The molecule has 2 rings (SSSR count). The molecule has 0 aliphatic carbocycles. The number of nitrogens with zero attached hydrogens (tertiary/aromatic N) is 1. The van der Waals surface area contributed by atoms with Gasteiger partial charge in [0.25, 0.3) is 5.91 Å². The zero-order valence-corrected chi connectivity index (χ0v) is 11.0. The van der Waals surface area contributed by atoms with Gasteiger partial charge in [-0.05, 0) is 24.6 Å². The normalized spacial score (nSPS) is 17.6. The van der Waals surface area contributed by atoms with Gasteiger partial charge in [0.1, 0.15) is 0 Å². The lowest BCUT2D eigenvalue weighted by molar-refractivity contribution is -0.124. The fourth-order valence-corrected chi connectivity index (χ4v) is 2.66. The molecule has 2 N–H and O–H groups in total. The van der Waals surface area contributed by atoms with E-state index >= 15 is 0 Å². The maximum atomic E-state index is 11.8. The van der Waals surface area contributed by atoms with Gasteiger partial charge in [-0.1, -0.05) is 23.9 Å². The Bertz CT molecular complexity index is 474. The highest BCUT2D eigenvalue weighted by molar-refractivity contribution is 8.04. The van der Waals surface area contributed by atoms with Crippen molar-refractivity contribution in [2.75, 3.05) is 17.7 Å². The van der Waals surface area contributed by atoms with Gasteiger partial charge in [0.05, 0.1) is 17.4 Å². The van der Waals surface area contributed by atoms with Crippen molar-refractivity contribution in [3.63, 3.8) is 0 Å². The number of aliphatic hydroxyl groups is 1. The number of anilines is 1. The summed E-state index contributed by atoms with van der Waals surface area (Å²) in [5.41, 5.74) is 1.72. The molecule has 18 heavy (non-hydrogen) atoms. The molecular formula is C13H16N2O2S. The van der Waals surface area contributed by atoms with Crippen molar-refractivity contribution in [3.05, 3.63) is 40.9 Å². The first-order valence-electron chi connectivity index (χ1n) is 5.83. The standard InChI is InChI=1S/C13H16N2O2S/c1-2-15-9-18-12(13(15)17)7-14-11-5-3-4-10(6-11)8-16/h3-7,14,16H,2,8-9H2,1H3. The van der Waals surface area contributed by atoms with Gasteiger partial charge in [-0.2, -0.15) is 0 Å². The average molecular weight is 264 g/mol. The van der Waals surface area contributed by atoms with Crippen LogP contribution in [0.5, 0.6) is 0 Å². The lowest BCUT2D eigenvalue weighted by Gasteiger charge is -2.09. The number of carbonyl (C=O) groups excluding carboxylic acids is 1. The second-order valence-corrected chi connectivity index (χ2v) is 4.93. The van der Waals surface area contributed by atoms with E-state index in [1.165, 1.54) is 11.8 Å². The molecule has 1 amide bonds. The fourth-order valence-electron chi connectivity index (χ4n) is 1.67. The summed E-state index contributed by atoms with van der Waals surface area (Å²) in [6.45, 7) is 2.73. The molecule has 0 bridgehead atoms. The van der Waals surface area contributed by atoms with Gasteiger partial charge >= 0.3 is 0 Å². The average Bonchev–Trinajstić information content (AvgIpc) is 2.77. The Kier molecular flexibility index (Phi) is 4.28. The van der Waals surface area contributed by atoms with Crippen molar-refractivity contribution in [2.45, 2.75) is 13.5 Å². The van der Waals surface area contributed by atoms with Crippen LogP contribution in [0.1, 0.15) is 12.5 Å². The zero-order valence-electron chi connectivity index (χ0n) is 10.2. The Hall–Kier alpha value is -1.46. The lowest BCUT2D eigenvalue weighted by Crippen LogP contribution is -2.24. The van der Waals surface area contributed by atoms with Crippen molar-refractivity contribution < 1.29 is 9.90 Å². The summed E-state index contributed by atoms with van der Waals surface area (Å²) in [6.07, 6.45) is 1.74. The minimum atomic E-state index is 0.0172. The van der Waals surface area contributed by atoms with Crippen LogP contribution in [0.3, 0.4) is 0 Å². The lowest BCUT2D eigenvalue weighted by atomic mass is 10.2. The molecule has 1 aromatic carbocycles. The summed E-state index contributed by atoms with van der Waals surface area (Å²) < 4.78 is 0. The van der Waals surface area contributed by atoms with E-state index in [0.717, 1.165) is 28.6 Å². The molecule has 5 heteroatoms. The number of hydrogen-bond donors (Lipinski definition) is 2. The van der Waals surface area contributed by atoms with Crippen LogP contribution >= 0.6 is 11.8 Å². The van der Waals surface area contributed by atoms with Crippen molar-refractivity contribution in [3.8, 4) is 0 Å². The number of amides is 1. The summed E-state index contributed by atoms with van der Waals surface area (Å²) in [6, 6.07) is 7.48. The van der Waals surface area contributed by atoms with Crippen LogP contribution in [0.15, 0.2) is 35.4 Å². The third-order valence-electron chi connectivity index (χ3n) is 2.74. The second kappa shape index (κ2) is 5.93. The molecule has 1 aliphatic heterocycles. The first-order chi connectivity index (χ1) is 8.74. The minimum Gasteiger partial charge on any atom is -0.392 e. The largest absolute Gasteiger partial charge is 0.392 e. The summed E-state index contributed by atoms with van der Waals surface area (Å²) in [5, 5.41) is 12.1. The minimum absolute atomic E-state index is 0.0172. The predicted molar refractivity (Wildman–Crippen MR) is 73.9 cm³/mol. The van der Waals surface area contributed by atoms with Gasteiger partial charge in [0, 0.05) is 18.4 Å². The smallest absolute Gasteiger partial charge is 0.262 e. The number of benzene rings is 1. The zero-order chi connectivity index (χ0) is 13.0. The van der Waals surface area contributed by atoms with E-state index in [2.05, 4.69) is 5.32 Å². The molecule has 1 saturated heterocycles. The Morgan fingerprint density at radius 3 is 3.06 bits per heavy atom. The van der Waals surface area contributed by atoms with E-state index in [1.54, 1.807) is 11.1 Å². The summed E-state index contributed by atoms with van der Waals surface area (Å²) >= 11 is 1.54. The maximum absolute atomic E-state index is 11.8. The Labute approximate surface area is 111 Å². The number of hydrogen-bond acceptors (Lipinski definition) is 4. The fraction of sp³-hybridized carbons (Fsp3) is 0.308. The van der Waals surface area contributed by atoms with Crippen molar-refractivity contribution in [1.29, 1.82) is 0 Å². The number of thioether (sulfide) groups is 1. The van der Waals surface area contributed by atoms with Gasteiger partial charge in [0.2, 0.25) is 0 Å². The molecule has 0 aromatic heterocycles. The number of nitrogens with one attached hydrogen (secondary N) is 1. The van der Waals surface area contributed by atoms with Crippen LogP contribution in [-0.2, 0) is 11.4 Å². The van der Waals surface area contributed by atoms with E-state index in [0.29, 0.717) is 0 Å². The molecule has 1 heterocycles. The third kappa shape index (κ3) is 2.86. The molecule has 0 unspecified atom stereocenters. The Balaban J connectivity index is 2.04. The number of rotatable bonds is 4. The Morgan fingerprint density at radius 1 is 1.56 bits per heavy atom.